The molecule has 19 heavy (non-hydrogen) atoms. The fraction of sp³-hybridized carbons (Fsp3) is 0.333. The average Bonchev–Trinajstić information content (AvgIpc) is 3.06. The molecule has 104 valence electrons. The Hall–Kier alpha value is -0.400. The van der Waals surface area contributed by atoms with Crippen LogP contribution in [0.1, 0.15) is 9.75 Å². The SMILES string of the molecule is CN(CCc1cccs1)S(=O)(=O)c1ccc(CCl)s1. The summed E-state index contributed by atoms with van der Waals surface area (Å²) in [6.07, 6.45) is 0.737. The highest BCUT2D eigenvalue weighted by atomic mass is 35.5. The molecule has 2 aromatic rings. The zero-order valence-corrected chi connectivity index (χ0v) is 13.6. The second-order valence-corrected chi connectivity index (χ2v) is 8.75. The third kappa shape index (κ3) is 3.58. The van der Waals surface area contributed by atoms with Crippen LogP contribution in [0.3, 0.4) is 0 Å². The van der Waals surface area contributed by atoms with Crippen molar-refractivity contribution in [1.82, 2.24) is 4.31 Å². The molecule has 0 atom stereocenters. The van der Waals surface area contributed by atoms with Crippen molar-refractivity contribution in [3.63, 3.8) is 0 Å². The Kier molecular flexibility index (Phi) is 5.03. The molecule has 0 spiro atoms. The van der Waals surface area contributed by atoms with E-state index in [1.54, 1.807) is 30.5 Å². The molecule has 0 fully saturated rings. The van der Waals surface area contributed by atoms with Gasteiger partial charge in [-0.3, -0.25) is 0 Å². The van der Waals surface area contributed by atoms with Crippen molar-refractivity contribution >= 4 is 44.3 Å². The molecular formula is C12H14ClNO2S3. The lowest BCUT2D eigenvalue weighted by atomic mass is 10.3. The maximum absolute atomic E-state index is 12.3. The second-order valence-electron chi connectivity index (χ2n) is 4.01. The molecule has 2 heterocycles. The molecule has 0 aliphatic carbocycles. The molecule has 0 saturated heterocycles. The summed E-state index contributed by atoms with van der Waals surface area (Å²) in [6.45, 7) is 0.483. The lowest BCUT2D eigenvalue weighted by Gasteiger charge is -2.15. The number of rotatable bonds is 6. The van der Waals surface area contributed by atoms with Crippen LogP contribution in [0.2, 0.25) is 0 Å². The number of sulfonamides is 1. The zero-order valence-electron chi connectivity index (χ0n) is 10.4. The molecule has 3 nitrogen and oxygen atoms in total. The first kappa shape index (κ1) is 15.0. The van der Waals surface area contributed by atoms with Gasteiger partial charge >= 0.3 is 0 Å². The lowest BCUT2D eigenvalue weighted by Crippen LogP contribution is -2.28. The molecule has 2 aromatic heterocycles. The van der Waals surface area contributed by atoms with Gasteiger partial charge in [-0.2, -0.15) is 4.31 Å². The van der Waals surface area contributed by atoms with E-state index < -0.39 is 10.0 Å². The molecule has 0 N–H and O–H groups in total. The van der Waals surface area contributed by atoms with Crippen LogP contribution in [-0.2, 0) is 22.3 Å². The normalized spacial score (nSPS) is 12.2. The van der Waals surface area contributed by atoms with Gasteiger partial charge in [0, 0.05) is 23.3 Å². The summed E-state index contributed by atoms with van der Waals surface area (Å²) >= 11 is 8.58. The Balaban J connectivity index is 2.06. The topological polar surface area (TPSA) is 37.4 Å². The standard InChI is InChI=1S/C12H14ClNO2S3/c1-14(7-6-10-3-2-8-17-10)19(15,16)12-5-4-11(9-13)18-12/h2-5,8H,6-7,9H2,1H3. The Labute approximate surface area is 126 Å². The molecule has 0 unspecified atom stereocenters. The Morgan fingerprint density at radius 2 is 2.05 bits per heavy atom. The van der Waals surface area contributed by atoms with Crippen LogP contribution in [0.5, 0.6) is 0 Å². The fourth-order valence-electron chi connectivity index (χ4n) is 1.56. The number of likely N-dealkylation sites (N-methyl/N-ethyl adjacent to an activating group) is 1. The van der Waals surface area contributed by atoms with E-state index in [0.717, 1.165) is 11.3 Å². The van der Waals surface area contributed by atoms with Crippen molar-refractivity contribution in [2.75, 3.05) is 13.6 Å². The van der Waals surface area contributed by atoms with Gasteiger partial charge in [0.05, 0.1) is 5.88 Å². The quantitative estimate of drug-likeness (QED) is 0.759. The highest BCUT2D eigenvalue weighted by molar-refractivity contribution is 7.91. The summed E-state index contributed by atoms with van der Waals surface area (Å²) in [5, 5.41) is 2.00. The minimum atomic E-state index is -3.38. The van der Waals surface area contributed by atoms with Gasteiger partial charge in [0.15, 0.2) is 0 Å². The summed E-state index contributed by atoms with van der Waals surface area (Å²) in [5.41, 5.74) is 0. The van der Waals surface area contributed by atoms with E-state index in [4.69, 9.17) is 11.6 Å². The lowest BCUT2D eigenvalue weighted by molar-refractivity contribution is 0.475. The van der Waals surface area contributed by atoms with Crippen molar-refractivity contribution in [3.05, 3.63) is 39.4 Å². The maximum Gasteiger partial charge on any atom is 0.252 e. The summed E-state index contributed by atoms with van der Waals surface area (Å²) < 4.78 is 26.4. The molecular weight excluding hydrogens is 322 g/mol. The maximum atomic E-state index is 12.3. The number of halogens is 1. The number of alkyl halides is 1. The Morgan fingerprint density at radius 1 is 1.26 bits per heavy atom. The summed E-state index contributed by atoms with van der Waals surface area (Å²) in [5.74, 6) is 0.346. The van der Waals surface area contributed by atoms with Gasteiger partial charge in [-0.1, -0.05) is 6.07 Å². The molecule has 0 bridgehead atoms. The molecule has 0 aromatic carbocycles. The van der Waals surface area contributed by atoms with E-state index in [0.29, 0.717) is 16.6 Å². The van der Waals surface area contributed by atoms with E-state index in [1.807, 2.05) is 17.5 Å². The molecule has 0 aliphatic rings. The Bertz CT molecular complexity index is 619. The number of hydrogen-bond donors (Lipinski definition) is 0. The monoisotopic (exact) mass is 335 g/mol. The predicted molar refractivity (Wildman–Crippen MR) is 81.7 cm³/mol. The largest absolute Gasteiger partial charge is 0.252 e. The minimum Gasteiger partial charge on any atom is -0.206 e. The van der Waals surface area contributed by atoms with Crippen LogP contribution in [0.4, 0.5) is 0 Å². The second kappa shape index (κ2) is 6.37. The minimum absolute atomic E-state index is 0.346. The third-order valence-electron chi connectivity index (χ3n) is 2.69. The molecule has 0 saturated carbocycles. The summed E-state index contributed by atoms with van der Waals surface area (Å²) in [7, 11) is -1.77. The molecule has 2 rings (SSSR count). The summed E-state index contributed by atoms with van der Waals surface area (Å²) in [4.78, 5) is 2.06. The van der Waals surface area contributed by atoms with Gasteiger partial charge in [0.2, 0.25) is 0 Å². The van der Waals surface area contributed by atoms with Crippen molar-refractivity contribution in [2.45, 2.75) is 16.5 Å². The predicted octanol–water partition coefficient (Wildman–Crippen LogP) is 3.41. The first-order valence-electron chi connectivity index (χ1n) is 5.67. The zero-order chi connectivity index (χ0) is 13.9. The van der Waals surface area contributed by atoms with Crippen molar-refractivity contribution < 1.29 is 8.42 Å². The van der Waals surface area contributed by atoms with Crippen LogP contribution >= 0.6 is 34.3 Å². The van der Waals surface area contributed by atoms with E-state index >= 15 is 0 Å². The van der Waals surface area contributed by atoms with Crippen molar-refractivity contribution in [3.8, 4) is 0 Å². The van der Waals surface area contributed by atoms with E-state index in [-0.39, 0.29) is 0 Å². The van der Waals surface area contributed by atoms with Crippen LogP contribution in [0, 0.1) is 0 Å². The highest BCUT2D eigenvalue weighted by Crippen LogP contribution is 2.25. The van der Waals surface area contributed by atoms with Crippen molar-refractivity contribution in [2.24, 2.45) is 0 Å². The van der Waals surface area contributed by atoms with Gasteiger partial charge in [0.1, 0.15) is 4.21 Å². The van der Waals surface area contributed by atoms with E-state index in [9.17, 15) is 8.42 Å². The van der Waals surface area contributed by atoms with Crippen LogP contribution in [-0.4, -0.2) is 26.3 Å². The molecule has 7 heteroatoms. The number of thiophene rings is 2. The van der Waals surface area contributed by atoms with Gasteiger partial charge in [0.25, 0.3) is 10.0 Å². The smallest absolute Gasteiger partial charge is 0.206 e. The van der Waals surface area contributed by atoms with Crippen LogP contribution in [0.25, 0.3) is 0 Å². The average molecular weight is 336 g/mol. The van der Waals surface area contributed by atoms with Crippen molar-refractivity contribution in [1.29, 1.82) is 0 Å². The van der Waals surface area contributed by atoms with Gasteiger partial charge in [-0.25, -0.2) is 8.42 Å². The van der Waals surface area contributed by atoms with E-state index in [1.165, 1.54) is 20.5 Å². The molecule has 0 amide bonds. The van der Waals surface area contributed by atoms with Crippen LogP contribution < -0.4 is 0 Å². The van der Waals surface area contributed by atoms with Crippen LogP contribution in [0.15, 0.2) is 33.9 Å². The highest BCUT2D eigenvalue weighted by Gasteiger charge is 2.22. The molecule has 0 aliphatic heterocycles. The van der Waals surface area contributed by atoms with Gasteiger partial charge in [-0.15, -0.1) is 34.3 Å². The third-order valence-corrected chi connectivity index (χ3v) is 7.48. The first-order valence-corrected chi connectivity index (χ1v) is 9.34. The van der Waals surface area contributed by atoms with Gasteiger partial charge in [-0.05, 0) is 30.0 Å². The van der Waals surface area contributed by atoms with E-state index in [2.05, 4.69) is 0 Å². The number of hydrogen-bond acceptors (Lipinski definition) is 4. The Morgan fingerprint density at radius 3 is 2.63 bits per heavy atom. The molecule has 0 radical (unpaired) electrons. The van der Waals surface area contributed by atoms with Gasteiger partial charge < -0.3 is 0 Å². The summed E-state index contributed by atoms with van der Waals surface area (Å²) in [6, 6.07) is 7.37. The number of nitrogens with zero attached hydrogens (tertiary/aromatic N) is 1. The fourth-order valence-corrected chi connectivity index (χ4v) is 5.10. The first-order chi connectivity index (χ1) is 9.04.